The molecule has 1 heterocycles. The Morgan fingerprint density at radius 3 is 2.61 bits per heavy atom. The van der Waals surface area contributed by atoms with Crippen LogP contribution in [0.3, 0.4) is 0 Å². The molecule has 0 saturated heterocycles. The van der Waals surface area contributed by atoms with Crippen molar-refractivity contribution < 1.29 is 32.7 Å². The molecular weight excluding hydrogens is 454 g/mol. The first-order valence-electron chi connectivity index (χ1n) is 4.88. The zero-order valence-corrected chi connectivity index (χ0v) is 16.4. The van der Waals surface area contributed by atoms with Gasteiger partial charge in [0, 0.05) is 44.2 Å². The van der Waals surface area contributed by atoms with Crippen molar-refractivity contribution in [2.75, 3.05) is 7.05 Å². The largest absolute Gasteiger partial charge is 0.377 e. The Morgan fingerprint density at radius 2 is 2.00 bits per heavy atom. The quantitative estimate of drug-likeness (QED) is 0.531. The van der Waals surface area contributed by atoms with Crippen molar-refractivity contribution in [3.8, 4) is 0 Å². The van der Waals surface area contributed by atoms with Crippen LogP contribution in [0.15, 0.2) is 45.5 Å². The molecule has 0 amide bonds. The molecule has 0 aromatic heterocycles. The molecule has 91 valence electrons. The summed E-state index contributed by atoms with van der Waals surface area (Å²) >= 11 is 13.1. The third-order valence-corrected chi connectivity index (χ3v) is 4.03. The monoisotopic (exact) mass is 461 g/mol. The van der Waals surface area contributed by atoms with Crippen LogP contribution in [-0.2, 0) is 32.7 Å². The topological polar surface area (TPSA) is 3.24 Å². The summed E-state index contributed by atoms with van der Waals surface area (Å²) in [6.45, 7) is 4.00. The fourth-order valence-corrected chi connectivity index (χ4v) is 2.69. The molecule has 1 aromatic rings. The maximum Gasteiger partial charge on any atom is 0.0169 e. The Bertz CT molecular complexity index is 552. The number of likely N-dealkylation sites (N-methyl/N-ethyl adjacent to an activating group) is 1. The van der Waals surface area contributed by atoms with E-state index in [0.29, 0.717) is 5.02 Å². The average Bonchev–Trinajstić information content (AvgIpc) is 2.28. The molecule has 0 fully saturated rings. The van der Waals surface area contributed by atoms with Gasteiger partial charge in [0.1, 0.15) is 0 Å². The Kier molecular flexibility index (Phi) is 6.34. The molecule has 0 spiro atoms. The van der Waals surface area contributed by atoms with Crippen molar-refractivity contribution in [2.24, 2.45) is 0 Å². The SMILES string of the molecule is C=C1C(Br)=C[C-]=C(c2ccc(Br)cc2Cl)N1C.[Y]. The van der Waals surface area contributed by atoms with Gasteiger partial charge in [0.25, 0.3) is 0 Å². The molecule has 0 saturated carbocycles. The number of rotatable bonds is 1. The van der Waals surface area contributed by atoms with Gasteiger partial charge in [-0.2, -0.15) is 12.2 Å². The Balaban J connectivity index is 0.00000162. The number of allylic oxidation sites excluding steroid dienone is 3. The fourth-order valence-electron chi connectivity index (χ4n) is 1.55. The third-order valence-electron chi connectivity index (χ3n) is 2.54. The summed E-state index contributed by atoms with van der Waals surface area (Å²) in [7, 11) is 1.94. The number of hydrogen-bond donors (Lipinski definition) is 0. The van der Waals surface area contributed by atoms with Gasteiger partial charge in [0.2, 0.25) is 0 Å². The molecule has 18 heavy (non-hydrogen) atoms. The van der Waals surface area contributed by atoms with Gasteiger partial charge >= 0.3 is 0 Å². The summed E-state index contributed by atoms with van der Waals surface area (Å²) < 4.78 is 1.89. The van der Waals surface area contributed by atoms with Crippen LogP contribution in [0.1, 0.15) is 5.56 Å². The second-order valence-corrected chi connectivity index (χ2v) is 5.79. The Morgan fingerprint density at radius 1 is 1.33 bits per heavy atom. The Hall–Kier alpha value is 0.594. The van der Waals surface area contributed by atoms with Gasteiger partial charge in [-0.15, -0.1) is 22.0 Å². The minimum Gasteiger partial charge on any atom is -0.377 e. The zero-order chi connectivity index (χ0) is 12.6. The van der Waals surface area contributed by atoms with E-state index in [2.05, 4.69) is 44.5 Å². The Labute approximate surface area is 154 Å². The molecule has 0 atom stereocenters. The van der Waals surface area contributed by atoms with Gasteiger partial charge in [0.15, 0.2) is 0 Å². The van der Waals surface area contributed by atoms with Crippen LogP contribution in [0.4, 0.5) is 0 Å². The summed E-state index contributed by atoms with van der Waals surface area (Å²) in [6.07, 6.45) is 5.06. The molecular formula is C13H9Br2ClNY-. The minimum atomic E-state index is 0. The number of benzene rings is 1. The predicted octanol–water partition coefficient (Wildman–Crippen LogP) is 4.98. The van der Waals surface area contributed by atoms with Gasteiger partial charge in [-0.25, -0.2) is 0 Å². The van der Waals surface area contributed by atoms with Crippen LogP contribution in [0.25, 0.3) is 5.70 Å². The first kappa shape index (κ1) is 16.6. The van der Waals surface area contributed by atoms with E-state index >= 15 is 0 Å². The zero-order valence-electron chi connectivity index (χ0n) is 9.67. The van der Waals surface area contributed by atoms with E-state index in [1.165, 1.54) is 0 Å². The van der Waals surface area contributed by atoms with Crippen LogP contribution in [0.5, 0.6) is 0 Å². The van der Waals surface area contributed by atoms with E-state index in [4.69, 9.17) is 11.6 Å². The molecule has 2 rings (SSSR count). The summed E-state index contributed by atoms with van der Waals surface area (Å²) in [5, 5.41) is 0.688. The van der Waals surface area contributed by atoms with E-state index in [0.717, 1.165) is 25.9 Å². The molecule has 0 N–H and O–H groups in total. The third kappa shape index (κ3) is 3.37. The number of halogens is 3. The second-order valence-electron chi connectivity index (χ2n) is 3.62. The van der Waals surface area contributed by atoms with Crippen LogP contribution >= 0.6 is 43.5 Å². The molecule has 0 aliphatic carbocycles. The predicted molar refractivity (Wildman–Crippen MR) is 79.7 cm³/mol. The van der Waals surface area contributed by atoms with Crippen LogP contribution in [0, 0.1) is 6.08 Å². The van der Waals surface area contributed by atoms with Gasteiger partial charge in [-0.05, 0) is 16.8 Å². The maximum atomic E-state index is 6.23. The van der Waals surface area contributed by atoms with E-state index in [1.54, 1.807) is 0 Å². The van der Waals surface area contributed by atoms with Crippen LogP contribution in [-0.4, -0.2) is 11.9 Å². The van der Waals surface area contributed by atoms with Crippen molar-refractivity contribution in [3.63, 3.8) is 0 Å². The molecule has 1 aliphatic heterocycles. The van der Waals surface area contributed by atoms with Gasteiger partial charge in [-0.1, -0.05) is 55.9 Å². The summed E-state index contributed by atoms with van der Waals surface area (Å²) in [4.78, 5) is 1.96. The molecule has 5 heteroatoms. The second kappa shape index (κ2) is 6.85. The maximum absolute atomic E-state index is 6.23. The smallest absolute Gasteiger partial charge is 0.0169 e. The molecule has 1 nitrogen and oxygen atoms in total. The summed E-state index contributed by atoms with van der Waals surface area (Å²) in [5.41, 5.74) is 2.74. The van der Waals surface area contributed by atoms with Gasteiger partial charge in [-0.3, -0.25) is 0 Å². The van der Waals surface area contributed by atoms with Gasteiger partial charge < -0.3 is 4.90 Å². The molecule has 1 aliphatic rings. The summed E-state index contributed by atoms with van der Waals surface area (Å²) in [6, 6.07) is 5.79. The fraction of sp³-hybridized carbons (Fsp3) is 0.0769. The van der Waals surface area contributed by atoms with Crippen molar-refractivity contribution in [1.29, 1.82) is 0 Å². The molecule has 1 aromatic carbocycles. The van der Waals surface area contributed by atoms with E-state index < -0.39 is 0 Å². The molecule has 0 unspecified atom stereocenters. The average molecular weight is 463 g/mol. The van der Waals surface area contributed by atoms with Crippen molar-refractivity contribution in [2.45, 2.75) is 0 Å². The normalized spacial score (nSPS) is 14.9. The van der Waals surface area contributed by atoms with Gasteiger partial charge in [0.05, 0.1) is 0 Å². The molecule has 0 bridgehead atoms. The van der Waals surface area contributed by atoms with Crippen LogP contribution in [0.2, 0.25) is 5.02 Å². The van der Waals surface area contributed by atoms with E-state index in [1.807, 2.05) is 36.2 Å². The minimum absolute atomic E-state index is 0. The first-order chi connectivity index (χ1) is 8.00. The van der Waals surface area contributed by atoms with Crippen molar-refractivity contribution >= 4 is 49.2 Å². The first-order valence-corrected chi connectivity index (χ1v) is 6.84. The number of hydrogen-bond acceptors (Lipinski definition) is 1. The molecule has 1 radical (unpaired) electrons. The van der Waals surface area contributed by atoms with E-state index in [-0.39, 0.29) is 32.7 Å². The number of nitrogens with zero attached hydrogens (tertiary/aromatic N) is 1. The van der Waals surface area contributed by atoms with Crippen molar-refractivity contribution in [3.05, 3.63) is 62.2 Å². The van der Waals surface area contributed by atoms with Crippen LogP contribution < -0.4 is 0 Å². The van der Waals surface area contributed by atoms with Crippen molar-refractivity contribution in [1.82, 2.24) is 4.90 Å². The van der Waals surface area contributed by atoms with E-state index in [9.17, 15) is 0 Å². The standard InChI is InChI=1S/C13H9Br2ClN.Y/c1-8-11(15)5-6-13(17(8)2)10-4-3-9(14)7-12(10)16;/h3-5,7H,1H2,2H3;/q-1;. The summed E-state index contributed by atoms with van der Waals surface area (Å²) in [5.74, 6) is 0.